The number of nitrogens with zero attached hydrogens (tertiary/aromatic N) is 3. The molecule has 4 rings (SSSR count). The summed E-state index contributed by atoms with van der Waals surface area (Å²) in [5.41, 5.74) is -0.514. The molecule has 0 unspecified atom stereocenters. The van der Waals surface area contributed by atoms with Gasteiger partial charge in [0.15, 0.2) is 0 Å². The van der Waals surface area contributed by atoms with E-state index in [-0.39, 0.29) is 21.5 Å². The second-order valence-electron chi connectivity index (χ2n) is 6.78. The second-order valence-corrected chi connectivity index (χ2v) is 9.30. The molecule has 1 N–H and O–H groups in total. The Morgan fingerprint density at radius 3 is 2.20 bits per heavy atom. The van der Waals surface area contributed by atoms with Gasteiger partial charge in [0.05, 0.1) is 4.92 Å². The summed E-state index contributed by atoms with van der Waals surface area (Å²) in [5, 5.41) is 21.0. The quantitative estimate of drug-likeness (QED) is 0.215. The van der Waals surface area contributed by atoms with Crippen molar-refractivity contribution < 1.29 is 31.1 Å². The van der Waals surface area contributed by atoms with Crippen molar-refractivity contribution in [1.29, 1.82) is 0 Å². The normalized spacial score (nSPS) is 11.1. The lowest BCUT2D eigenvalue weighted by molar-refractivity contribution is -0.384. The number of nitrogens with one attached hydrogen (secondary N) is 1. The number of halogens is 2. The number of benzene rings is 3. The third-order valence-corrected chi connectivity index (χ3v) is 6.63. The number of amides is 1. The first kappa shape index (κ1) is 23.8. The summed E-state index contributed by atoms with van der Waals surface area (Å²) in [5.74, 6) is -3.10. The van der Waals surface area contributed by atoms with Crippen LogP contribution in [0.2, 0.25) is 0 Å². The van der Waals surface area contributed by atoms with Gasteiger partial charge in [0.2, 0.25) is 5.13 Å². The number of anilines is 1. The van der Waals surface area contributed by atoms with Crippen LogP contribution in [0, 0.1) is 21.7 Å². The van der Waals surface area contributed by atoms with Crippen LogP contribution in [0.15, 0.2) is 71.6 Å². The highest BCUT2D eigenvalue weighted by molar-refractivity contribution is 7.87. The molecule has 0 radical (unpaired) electrons. The lowest BCUT2D eigenvalue weighted by Crippen LogP contribution is -2.15. The van der Waals surface area contributed by atoms with E-state index in [9.17, 15) is 32.1 Å². The van der Waals surface area contributed by atoms with Gasteiger partial charge in [0.1, 0.15) is 32.9 Å². The number of hydrogen-bond acceptors (Lipinski definition) is 9. The minimum Gasteiger partial charge on any atom is -0.379 e. The minimum atomic E-state index is -4.23. The van der Waals surface area contributed by atoms with E-state index in [0.717, 1.165) is 53.8 Å². The summed E-state index contributed by atoms with van der Waals surface area (Å²) in [6, 6.07) is 12.9. The Morgan fingerprint density at radius 2 is 1.60 bits per heavy atom. The molecule has 178 valence electrons. The second kappa shape index (κ2) is 9.52. The fourth-order valence-corrected chi connectivity index (χ4v) is 4.50. The van der Waals surface area contributed by atoms with Crippen molar-refractivity contribution in [3.63, 3.8) is 0 Å². The zero-order chi connectivity index (χ0) is 25.2. The first-order chi connectivity index (χ1) is 16.6. The Labute approximate surface area is 200 Å². The molecule has 14 heteroatoms. The molecule has 3 aromatic carbocycles. The maximum Gasteiger partial charge on any atom is 0.339 e. The average Bonchev–Trinajstić information content (AvgIpc) is 3.27. The van der Waals surface area contributed by atoms with Crippen LogP contribution in [-0.4, -0.2) is 29.4 Å². The van der Waals surface area contributed by atoms with Gasteiger partial charge in [-0.15, -0.1) is 10.2 Å². The Balaban J connectivity index is 1.46. The zero-order valence-electron chi connectivity index (χ0n) is 17.2. The number of rotatable bonds is 7. The summed E-state index contributed by atoms with van der Waals surface area (Å²) in [6.07, 6.45) is 0. The number of hydrogen-bond donors (Lipinski definition) is 1. The van der Waals surface area contributed by atoms with Crippen LogP contribution in [0.1, 0.15) is 10.4 Å². The Morgan fingerprint density at radius 1 is 0.971 bits per heavy atom. The molecule has 0 aliphatic heterocycles. The number of nitro groups is 1. The first-order valence-corrected chi connectivity index (χ1v) is 11.7. The van der Waals surface area contributed by atoms with Crippen LogP contribution in [0.3, 0.4) is 0 Å². The molecule has 0 fully saturated rings. The van der Waals surface area contributed by atoms with Gasteiger partial charge in [-0.3, -0.25) is 20.2 Å². The van der Waals surface area contributed by atoms with E-state index in [2.05, 4.69) is 15.5 Å². The van der Waals surface area contributed by atoms with Crippen molar-refractivity contribution in [2.24, 2.45) is 0 Å². The molecule has 10 nitrogen and oxygen atoms in total. The number of carbonyl (C=O) groups is 1. The largest absolute Gasteiger partial charge is 0.379 e. The van der Waals surface area contributed by atoms with E-state index >= 15 is 0 Å². The highest BCUT2D eigenvalue weighted by Gasteiger charge is 2.20. The summed E-state index contributed by atoms with van der Waals surface area (Å²) < 4.78 is 57.4. The zero-order valence-corrected chi connectivity index (χ0v) is 18.8. The van der Waals surface area contributed by atoms with Crippen molar-refractivity contribution in [1.82, 2.24) is 10.2 Å². The SMILES string of the molecule is O=C(Nc1nnc(-c2ccc(OS(=O)(=O)c3ccc([N+](=O)[O-])cc3)cc2)s1)c1c(F)cccc1F. The van der Waals surface area contributed by atoms with Gasteiger partial charge in [0, 0.05) is 17.7 Å². The smallest absolute Gasteiger partial charge is 0.339 e. The summed E-state index contributed by atoms with van der Waals surface area (Å²) in [6.45, 7) is 0. The van der Waals surface area contributed by atoms with Crippen LogP contribution in [0.4, 0.5) is 19.6 Å². The summed E-state index contributed by atoms with van der Waals surface area (Å²) in [4.78, 5) is 22.0. The van der Waals surface area contributed by atoms with Gasteiger partial charge >= 0.3 is 10.1 Å². The standard InChI is InChI=1S/C21H12F2N4O6S2/c22-16-2-1-3-17(23)18(16)19(28)24-21-26-25-20(34-21)12-4-8-14(9-5-12)33-35(31,32)15-10-6-13(7-11-15)27(29)30/h1-11H,(H,24,26,28). The lowest BCUT2D eigenvalue weighted by atomic mass is 10.2. The summed E-state index contributed by atoms with van der Waals surface area (Å²) in [7, 11) is -4.23. The predicted octanol–water partition coefficient (Wildman–Crippen LogP) is 4.41. The molecule has 1 heterocycles. The number of nitro benzene ring substituents is 1. The van der Waals surface area contributed by atoms with E-state index in [1.807, 2.05) is 0 Å². The number of carbonyl (C=O) groups excluding carboxylic acids is 1. The molecule has 1 amide bonds. The molecule has 0 bridgehead atoms. The Kier molecular flexibility index (Phi) is 6.48. The van der Waals surface area contributed by atoms with Gasteiger partial charge in [-0.05, 0) is 48.5 Å². The molecule has 0 aliphatic carbocycles. The lowest BCUT2D eigenvalue weighted by Gasteiger charge is -2.07. The maximum absolute atomic E-state index is 13.8. The fourth-order valence-electron chi connectivity index (χ4n) is 2.83. The average molecular weight is 518 g/mol. The van der Waals surface area contributed by atoms with Gasteiger partial charge in [-0.25, -0.2) is 8.78 Å². The van der Waals surface area contributed by atoms with E-state index in [1.165, 1.54) is 24.3 Å². The molecular weight excluding hydrogens is 506 g/mol. The van der Waals surface area contributed by atoms with Crippen molar-refractivity contribution in [3.8, 4) is 16.3 Å². The van der Waals surface area contributed by atoms with Crippen LogP contribution in [0.25, 0.3) is 10.6 Å². The topological polar surface area (TPSA) is 141 Å². The minimum absolute atomic E-state index is 0.00581. The monoisotopic (exact) mass is 518 g/mol. The highest BCUT2D eigenvalue weighted by Crippen LogP contribution is 2.29. The fraction of sp³-hybridized carbons (Fsp3) is 0. The van der Waals surface area contributed by atoms with Crippen LogP contribution >= 0.6 is 11.3 Å². The molecule has 0 saturated carbocycles. The predicted molar refractivity (Wildman–Crippen MR) is 121 cm³/mol. The third-order valence-electron chi connectivity index (χ3n) is 4.48. The van der Waals surface area contributed by atoms with Gasteiger partial charge in [0.25, 0.3) is 11.6 Å². The van der Waals surface area contributed by atoms with E-state index < -0.39 is 38.1 Å². The molecule has 0 spiro atoms. The van der Waals surface area contributed by atoms with Gasteiger partial charge < -0.3 is 4.18 Å². The molecule has 35 heavy (non-hydrogen) atoms. The highest BCUT2D eigenvalue weighted by atomic mass is 32.2. The van der Waals surface area contributed by atoms with Crippen molar-refractivity contribution in [2.45, 2.75) is 4.90 Å². The van der Waals surface area contributed by atoms with Gasteiger partial charge in [-0.2, -0.15) is 8.42 Å². The molecule has 1 aromatic heterocycles. The summed E-state index contributed by atoms with van der Waals surface area (Å²) >= 11 is 0.927. The number of aromatic nitrogens is 2. The molecular formula is C21H12F2N4O6S2. The molecule has 0 atom stereocenters. The first-order valence-electron chi connectivity index (χ1n) is 9.52. The van der Waals surface area contributed by atoms with Crippen molar-refractivity contribution >= 4 is 38.2 Å². The van der Waals surface area contributed by atoms with Crippen molar-refractivity contribution in [2.75, 3.05) is 5.32 Å². The van der Waals surface area contributed by atoms with Crippen molar-refractivity contribution in [3.05, 3.63) is 94.0 Å². The number of non-ortho nitro benzene ring substituents is 1. The van der Waals surface area contributed by atoms with E-state index in [0.29, 0.717) is 10.6 Å². The van der Waals surface area contributed by atoms with Gasteiger partial charge in [-0.1, -0.05) is 17.4 Å². The van der Waals surface area contributed by atoms with Crippen LogP contribution in [-0.2, 0) is 10.1 Å². The molecule has 4 aromatic rings. The Bertz CT molecular complexity index is 1500. The third kappa shape index (κ3) is 5.28. The van der Waals surface area contributed by atoms with E-state index in [4.69, 9.17) is 4.18 Å². The Hall–Kier alpha value is -4.30. The maximum atomic E-state index is 13.8. The molecule has 0 saturated heterocycles. The van der Waals surface area contributed by atoms with E-state index in [1.54, 1.807) is 0 Å². The van der Waals surface area contributed by atoms with Crippen LogP contribution in [0.5, 0.6) is 5.75 Å². The van der Waals surface area contributed by atoms with Crippen LogP contribution < -0.4 is 9.50 Å². The molecule has 0 aliphatic rings.